The van der Waals surface area contributed by atoms with Crippen LogP contribution in [0.2, 0.25) is 0 Å². The molecule has 0 atom stereocenters. The molecule has 0 saturated heterocycles. The molecule has 2 nitrogen and oxygen atoms in total. The summed E-state index contributed by atoms with van der Waals surface area (Å²) in [6.07, 6.45) is 0. The Kier molecular flexibility index (Phi) is 1740. The Morgan fingerprint density at radius 2 is 0.500 bits per heavy atom. The number of hydrogen-bond donors (Lipinski definition) is 0. The fraction of sp³-hybridized carbons (Fsp3) is 0. The summed E-state index contributed by atoms with van der Waals surface area (Å²) in [6.45, 7) is 0. The first-order valence-electron chi connectivity index (χ1n) is 0. The first-order chi connectivity index (χ1) is 0. The van der Waals surface area contributed by atoms with Crippen molar-refractivity contribution in [2.45, 2.75) is 0 Å². The molecule has 0 aromatic rings. The van der Waals surface area contributed by atoms with E-state index in [0.29, 0.717) is 0 Å². The molecule has 8 heavy (non-hydrogen) atoms. The van der Waals surface area contributed by atoms with Crippen molar-refractivity contribution in [1.29, 1.82) is 0 Å². The molecule has 0 rings (SSSR count). The molecule has 0 radical (unpaired) electrons. The second-order valence-corrected chi connectivity index (χ2v) is 0. The summed E-state index contributed by atoms with van der Waals surface area (Å²) in [7, 11) is 0. The van der Waals surface area contributed by atoms with Crippen LogP contribution in [-0.2, 0) is 68.3 Å². The van der Waals surface area contributed by atoms with Crippen LogP contribution < -0.4 is 0 Å². The zero-order valence-electron chi connectivity index (χ0n) is 3.36. The third-order valence-electron chi connectivity index (χ3n) is 0. The summed E-state index contributed by atoms with van der Waals surface area (Å²) >= 11 is 0. The summed E-state index contributed by atoms with van der Waals surface area (Å²) < 4.78 is 0. The molecule has 0 bridgehead atoms. The molecule has 0 amide bonds. The average molecular weight is 327 g/mol. The van der Waals surface area contributed by atoms with Crippen molar-refractivity contribution in [2.75, 3.05) is 0 Å². The van der Waals surface area contributed by atoms with Gasteiger partial charge >= 0.3 is 0 Å². The quantitative estimate of drug-likeness (QED) is 0.538. The van der Waals surface area contributed by atoms with Crippen molar-refractivity contribution < 1.29 is 79.2 Å². The van der Waals surface area contributed by atoms with Gasteiger partial charge in [-0.1, -0.05) is 0 Å². The second kappa shape index (κ2) is 101. The van der Waals surface area contributed by atoms with Crippen LogP contribution in [0.25, 0.3) is 0 Å². The average Bonchev–Trinajstić information content (AvgIpc) is 0. The maximum Gasteiger partial charge on any atom is 0 e. The van der Waals surface area contributed by atoms with E-state index in [1.165, 1.54) is 0 Å². The van der Waals surface area contributed by atoms with Gasteiger partial charge in [-0.05, 0) is 0 Å². The topological polar surface area (TPSA) is 61.5 Å². The van der Waals surface area contributed by atoms with Gasteiger partial charge in [-0.3, -0.25) is 0 Å². The molecular weight excluding hydrogens is 320 g/mol. The minimum Gasteiger partial charge on any atom is -0.870 e. The van der Waals surface area contributed by atoms with Crippen LogP contribution in [0.4, 0.5) is 0 Å². The molecule has 0 aromatic carbocycles. The first-order valence-corrected chi connectivity index (χ1v) is 0. The zero-order valence-corrected chi connectivity index (χ0v) is 9.78. The monoisotopic (exact) mass is 327 g/mol. The van der Waals surface area contributed by atoms with Gasteiger partial charge in [0.15, 0.2) is 0 Å². The summed E-state index contributed by atoms with van der Waals surface area (Å²) in [4.78, 5) is 0. The molecule has 0 aliphatic carbocycles. The third kappa shape index (κ3) is 70.8. The molecular formula is H7Fe4O2S2-. The predicted octanol–water partition coefficient (Wildman–Crippen LogP) is -0.786. The smallest absolute Gasteiger partial charge is 0 e. The molecule has 0 aliphatic heterocycles. The fourth-order valence-electron chi connectivity index (χ4n) is 0. The minimum absolute atomic E-state index is 0. The van der Waals surface area contributed by atoms with Gasteiger partial charge in [0.1, 0.15) is 0 Å². The van der Waals surface area contributed by atoms with E-state index >= 15 is 0 Å². The largest absolute Gasteiger partial charge is 0.870 e. The van der Waals surface area contributed by atoms with E-state index in [1.807, 2.05) is 0 Å². The van der Waals surface area contributed by atoms with E-state index in [9.17, 15) is 0 Å². The number of hydrogen-bond acceptors (Lipinski definition) is 1. The van der Waals surface area contributed by atoms with E-state index < -0.39 is 0 Å². The standard InChI is InChI=1S/4Fe.2H2O.2H2S/h;;;;4*1H2/p-1. The molecule has 0 saturated carbocycles. The van der Waals surface area contributed by atoms with E-state index in [1.54, 1.807) is 0 Å². The van der Waals surface area contributed by atoms with Crippen LogP contribution in [-0.4, -0.2) is 11.0 Å². The van der Waals surface area contributed by atoms with Gasteiger partial charge in [0.2, 0.25) is 0 Å². The third-order valence-corrected chi connectivity index (χ3v) is 0. The molecule has 0 spiro atoms. The van der Waals surface area contributed by atoms with Crippen molar-refractivity contribution in [2.24, 2.45) is 0 Å². The molecule has 8 heteroatoms. The van der Waals surface area contributed by atoms with Gasteiger partial charge in [0.25, 0.3) is 0 Å². The molecule has 0 aliphatic rings. The molecule has 0 unspecified atom stereocenters. The van der Waals surface area contributed by atoms with Gasteiger partial charge in [-0.15, -0.1) is 0 Å². The maximum absolute atomic E-state index is 0. The van der Waals surface area contributed by atoms with Crippen LogP contribution in [0.1, 0.15) is 0 Å². The second-order valence-electron chi connectivity index (χ2n) is 0. The van der Waals surface area contributed by atoms with Gasteiger partial charge in [-0.25, -0.2) is 0 Å². The fourth-order valence-corrected chi connectivity index (χ4v) is 0. The van der Waals surface area contributed by atoms with Crippen LogP contribution in [0, 0.1) is 0 Å². The van der Waals surface area contributed by atoms with Gasteiger partial charge < -0.3 is 11.0 Å². The van der Waals surface area contributed by atoms with Crippen LogP contribution >= 0.6 is 27.0 Å². The summed E-state index contributed by atoms with van der Waals surface area (Å²) in [5.74, 6) is 0. The summed E-state index contributed by atoms with van der Waals surface area (Å²) in [5, 5.41) is 0. The Bertz CT molecular complexity index is 12.0. The minimum atomic E-state index is 0. The van der Waals surface area contributed by atoms with Crippen molar-refractivity contribution in [3.63, 3.8) is 0 Å². The van der Waals surface area contributed by atoms with E-state index in [2.05, 4.69) is 0 Å². The predicted molar refractivity (Wildman–Crippen MR) is 26.3 cm³/mol. The van der Waals surface area contributed by atoms with E-state index in [-0.39, 0.29) is 106 Å². The normalized spacial score (nSPS) is 0. The van der Waals surface area contributed by atoms with Crippen molar-refractivity contribution in [3.05, 3.63) is 0 Å². The van der Waals surface area contributed by atoms with Gasteiger partial charge in [-0.2, -0.15) is 27.0 Å². The molecule has 64 valence electrons. The molecule has 3 N–H and O–H groups in total. The molecule has 0 heterocycles. The number of rotatable bonds is 0. The van der Waals surface area contributed by atoms with E-state index in [4.69, 9.17) is 0 Å². The maximum atomic E-state index is 0. The Morgan fingerprint density at radius 1 is 0.500 bits per heavy atom. The summed E-state index contributed by atoms with van der Waals surface area (Å²) in [5.41, 5.74) is 0. The van der Waals surface area contributed by atoms with Gasteiger partial charge in [0, 0.05) is 68.3 Å². The van der Waals surface area contributed by atoms with Crippen LogP contribution in [0.15, 0.2) is 0 Å². The Balaban J connectivity index is 0. The molecule has 0 aromatic heterocycles. The van der Waals surface area contributed by atoms with Crippen LogP contribution in [0.3, 0.4) is 0 Å². The van der Waals surface area contributed by atoms with Crippen molar-refractivity contribution >= 4 is 27.0 Å². The Hall–Kier alpha value is 2.70. The van der Waals surface area contributed by atoms with Crippen molar-refractivity contribution in [1.82, 2.24) is 0 Å². The Morgan fingerprint density at radius 3 is 0.500 bits per heavy atom. The van der Waals surface area contributed by atoms with Crippen molar-refractivity contribution in [3.8, 4) is 0 Å². The Labute approximate surface area is 105 Å². The van der Waals surface area contributed by atoms with Gasteiger partial charge in [0.05, 0.1) is 0 Å². The SMILES string of the molecule is O.S.S.[Fe].[Fe].[Fe].[Fe].[OH-]. The molecule has 0 fully saturated rings. The van der Waals surface area contributed by atoms with Crippen LogP contribution in [0.5, 0.6) is 0 Å². The van der Waals surface area contributed by atoms with E-state index in [0.717, 1.165) is 0 Å². The zero-order chi connectivity index (χ0) is 0. The first kappa shape index (κ1) is 138. The summed E-state index contributed by atoms with van der Waals surface area (Å²) in [6, 6.07) is 0.